The molecule has 0 saturated carbocycles. The van der Waals surface area contributed by atoms with E-state index < -0.39 is 21.9 Å². The summed E-state index contributed by atoms with van der Waals surface area (Å²) < 4.78 is 66.2. The first-order chi connectivity index (χ1) is 13.6. The van der Waals surface area contributed by atoms with E-state index in [-0.39, 0.29) is 11.4 Å². The first-order valence-electron chi connectivity index (χ1n) is 8.42. The number of alkyl halides is 3. The zero-order valence-corrected chi connectivity index (χ0v) is 16.3. The fourth-order valence-corrected chi connectivity index (χ4v) is 3.38. The maximum absolute atomic E-state index is 12.6. The van der Waals surface area contributed by atoms with Gasteiger partial charge < -0.3 is 9.88 Å². The molecular weight excluding hydrogens is 407 g/mol. The highest BCUT2D eigenvalue weighted by molar-refractivity contribution is 7.89. The highest BCUT2D eigenvalue weighted by Crippen LogP contribution is 2.30. The summed E-state index contributed by atoms with van der Waals surface area (Å²) in [6, 6.07) is 6.77. The van der Waals surface area contributed by atoms with Crippen LogP contribution in [0.15, 0.2) is 53.9 Å². The summed E-state index contributed by atoms with van der Waals surface area (Å²) in [6.45, 7) is 0.198. The van der Waals surface area contributed by atoms with Crippen LogP contribution in [-0.2, 0) is 29.8 Å². The molecule has 2 N–H and O–H groups in total. The number of hydrogen-bond donors (Lipinski definition) is 2. The number of hydrogen-bond acceptors (Lipinski definition) is 5. The van der Waals surface area contributed by atoms with Gasteiger partial charge in [0.2, 0.25) is 10.0 Å². The zero-order valence-electron chi connectivity index (χ0n) is 15.5. The Labute approximate surface area is 165 Å². The molecule has 0 aliphatic heterocycles. The standard InChI is InChI=1S/C18H18F3N5O2S/c1-22-29(27,28)13-4-5-15(14(7-13)16-10-26(2)11-25-16)23-8-12-3-6-17(24-9-12)18(19,20)21/h3-7,9-11,22-23H,8H2,1-2H3. The summed E-state index contributed by atoms with van der Waals surface area (Å²) in [7, 11) is -0.551. The lowest BCUT2D eigenvalue weighted by molar-refractivity contribution is -0.141. The van der Waals surface area contributed by atoms with Gasteiger partial charge in [-0.05, 0) is 36.9 Å². The molecule has 0 fully saturated rings. The Morgan fingerprint density at radius 2 is 1.90 bits per heavy atom. The predicted molar refractivity (Wildman–Crippen MR) is 101 cm³/mol. The van der Waals surface area contributed by atoms with Crippen LogP contribution in [0.2, 0.25) is 0 Å². The molecule has 0 spiro atoms. The highest BCUT2D eigenvalue weighted by Gasteiger charge is 2.32. The van der Waals surface area contributed by atoms with Crippen LogP contribution < -0.4 is 10.0 Å². The maximum atomic E-state index is 12.6. The zero-order chi connectivity index (χ0) is 21.2. The lowest BCUT2D eigenvalue weighted by atomic mass is 10.1. The normalized spacial score (nSPS) is 12.2. The fourth-order valence-electron chi connectivity index (χ4n) is 2.62. The van der Waals surface area contributed by atoms with Gasteiger partial charge in [0.15, 0.2) is 0 Å². The van der Waals surface area contributed by atoms with Gasteiger partial charge in [0.1, 0.15) is 5.69 Å². The summed E-state index contributed by atoms with van der Waals surface area (Å²) in [6.07, 6.45) is -0.0308. The predicted octanol–water partition coefficient (Wildman–Crippen LogP) is 3.02. The van der Waals surface area contributed by atoms with Gasteiger partial charge in [-0.2, -0.15) is 13.2 Å². The van der Waals surface area contributed by atoms with E-state index in [2.05, 4.69) is 20.0 Å². The quantitative estimate of drug-likeness (QED) is 0.634. The van der Waals surface area contributed by atoms with Gasteiger partial charge in [0.25, 0.3) is 0 Å². The van der Waals surface area contributed by atoms with Gasteiger partial charge in [0.05, 0.1) is 16.9 Å². The fraction of sp³-hybridized carbons (Fsp3) is 0.222. The molecule has 1 aromatic carbocycles. The molecule has 2 aromatic heterocycles. The molecule has 11 heteroatoms. The number of aromatic nitrogens is 3. The number of halogens is 3. The number of nitrogens with zero attached hydrogens (tertiary/aromatic N) is 3. The summed E-state index contributed by atoms with van der Waals surface area (Å²) >= 11 is 0. The van der Waals surface area contributed by atoms with Crippen molar-refractivity contribution in [2.45, 2.75) is 17.6 Å². The van der Waals surface area contributed by atoms with E-state index in [4.69, 9.17) is 0 Å². The molecule has 7 nitrogen and oxygen atoms in total. The number of pyridine rings is 1. The van der Waals surface area contributed by atoms with Crippen molar-refractivity contribution in [3.63, 3.8) is 0 Å². The second kappa shape index (κ2) is 7.84. The van der Waals surface area contributed by atoms with Crippen molar-refractivity contribution in [3.05, 3.63) is 60.3 Å². The van der Waals surface area contributed by atoms with Gasteiger partial charge in [-0.25, -0.2) is 18.1 Å². The van der Waals surface area contributed by atoms with Crippen LogP contribution in [0.5, 0.6) is 0 Å². The third kappa shape index (κ3) is 4.74. The molecule has 0 saturated heterocycles. The molecule has 154 valence electrons. The molecule has 0 bridgehead atoms. The Hall–Kier alpha value is -2.92. The Morgan fingerprint density at radius 3 is 2.45 bits per heavy atom. The molecule has 29 heavy (non-hydrogen) atoms. The number of sulfonamides is 1. The van der Waals surface area contributed by atoms with Crippen LogP contribution in [0.3, 0.4) is 0 Å². The van der Waals surface area contributed by atoms with E-state index in [1.807, 2.05) is 0 Å². The monoisotopic (exact) mass is 425 g/mol. The number of imidazole rings is 1. The van der Waals surface area contributed by atoms with Crippen molar-refractivity contribution >= 4 is 15.7 Å². The molecule has 0 radical (unpaired) electrons. The molecule has 0 aliphatic rings. The maximum Gasteiger partial charge on any atom is 0.433 e. The largest absolute Gasteiger partial charge is 0.433 e. The SMILES string of the molecule is CNS(=O)(=O)c1ccc(NCc2ccc(C(F)(F)F)nc2)c(-c2cn(C)cn2)c1. The van der Waals surface area contributed by atoms with E-state index in [1.165, 1.54) is 25.2 Å². The first kappa shape index (κ1) is 20.8. The third-order valence-electron chi connectivity index (χ3n) is 4.15. The summed E-state index contributed by atoms with van der Waals surface area (Å²) in [4.78, 5) is 7.77. The van der Waals surface area contributed by atoms with E-state index in [1.54, 1.807) is 30.2 Å². The minimum atomic E-state index is -4.49. The van der Waals surface area contributed by atoms with E-state index >= 15 is 0 Å². The molecule has 0 amide bonds. The number of rotatable bonds is 6. The second-order valence-corrected chi connectivity index (χ2v) is 8.13. The van der Waals surface area contributed by atoms with Crippen LogP contribution in [-0.4, -0.2) is 30.0 Å². The van der Waals surface area contributed by atoms with Gasteiger partial charge in [-0.15, -0.1) is 0 Å². The van der Waals surface area contributed by atoms with Crippen molar-refractivity contribution in [2.75, 3.05) is 12.4 Å². The van der Waals surface area contributed by atoms with Crippen LogP contribution in [0.4, 0.5) is 18.9 Å². The molecule has 2 heterocycles. The second-order valence-electron chi connectivity index (χ2n) is 6.24. The van der Waals surface area contributed by atoms with Crippen molar-refractivity contribution in [1.29, 1.82) is 0 Å². The Balaban J connectivity index is 1.90. The summed E-state index contributed by atoms with van der Waals surface area (Å²) in [5.74, 6) is 0. The lowest BCUT2D eigenvalue weighted by Crippen LogP contribution is -2.18. The van der Waals surface area contributed by atoms with Crippen LogP contribution >= 0.6 is 0 Å². The lowest BCUT2D eigenvalue weighted by Gasteiger charge is -2.13. The number of aryl methyl sites for hydroxylation is 1. The minimum Gasteiger partial charge on any atom is -0.380 e. The Morgan fingerprint density at radius 1 is 1.14 bits per heavy atom. The van der Waals surface area contributed by atoms with Gasteiger partial charge in [-0.3, -0.25) is 4.98 Å². The first-order valence-corrected chi connectivity index (χ1v) is 9.90. The molecule has 0 unspecified atom stereocenters. The average Bonchev–Trinajstić information content (AvgIpc) is 3.12. The Kier molecular flexibility index (Phi) is 5.62. The number of nitrogens with one attached hydrogen (secondary N) is 2. The number of anilines is 1. The van der Waals surface area contributed by atoms with E-state index in [0.29, 0.717) is 22.5 Å². The highest BCUT2D eigenvalue weighted by atomic mass is 32.2. The van der Waals surface area contributed by atoms with Gasteiger partial charge >= 0.3 is 6.18 Å². The van der Waals surface area contributed by atoms with Crippen molar-refractivity contribution < 1.29 is 21.6 Å². The molecule has 3 rings (SSSR count). The number of benzene rings is 1. The van der Waals surface area contributed by atoms with Crippen LogP contribution in [0.25, 0.3) is 11.3 Å². The summed E-state index contributed by atoms with van der Waals surface area (Å²) in [5, 5.41) is 3.11. The van der Waals surface area contributed by atoms with E-state index in [9.17, 15) is 21.6 Å². The van der Waals surface area contributed by atoms with Crippen molar-refractivity contribution in [3.8, 4) is 11.3 Å². The van der Waals surface area contributed by atoms with Crippen molar-refractivity contribution in [1.82, 2.24) is 19.3 Å². The molecule has 3 aromatic rings. The van der Waals surface area contributed by atoms with Gasteiger partial charge in [-0.1, -0.05) is 6.07 Å². The van der Waals surface area contributed by atoms with Gasteiger partial charge in [0, 0.05) is 37.2 Å². The third-order valence-corrected chi connectivity index (χ3v) is 5.56. The smallest absolute Gasteiger partial charge is 0.380 e. The summed E-state index contributed by atoms with van der Waals surface area (Å²) in [5.41, 5.74) is 1.25. The van der Waals surface area contributed by atoms with Crippen molar-refractivity contribution in [2.24, 2.45) is 7.05 Å². The minimum absolute atomic E-state index is 0.0717. The van der Waals surface area contributed by atoms with Crippen LogP contribution in [0, 0.1) is 0 Å². The molecule has 0 atom stereocenters. The van der Waals surface area contributed by atoms with Crippen LogP contribution in [0.1, 0.15) is 11.3 Å². The molecular formula is C18H18F3N5O2S. The van der Waals surface area contributed by atoms with E-state index in [0.717, 1.165) is 12.3 Å². The Bertz CT molecular complexity index is 1110. The molecule has 0 aliphatic carbocycles. The topological polar surface area (TPSA) is 88.9 Å². The average molecular weight is 425 g/mol.